The van der Waals surface area contributed by atoms with Gasteiger partial charge in [0, 0.05) is 13.6 Å². The molecule has 0 aromatic carbocycles. The Kier molecular flexibility index (Phi) is 3.60. The van der Waals surface area contributed by atoms with Crippen molar-refractivity contribution in [3.8, 4) is 0 Å². The molecule has 0 aliphatic rings. The maximum Gasteiger partial charge on any atom is 0.339 e. The van der Waals surface area contributed by atoms with Crippen LogP contribution in [0.15, 0.2) is 24.4 Å². The number of rotatable bonds is 4. The maximum atomic E-state index is 12.9. The Morgan fingerprint density at radius 3 is 2.81 bits per heavy atom. The van der Waals surface area contributed by atoms with E-state index in [9.17, 15) is 9.18 Å². The van der Waals surface area contributed by atoms with E-state index in [0.29, 0.717) is 6.54 Å². The highest BCUT2D eigenvalue weighted by molar-refractivity contribution is 5.93. The molecule has 0 saturated heterocycles. The van der Waals surface area contributed by atoms with Crippen LogP contribution in [0.1, 0.15) is 17.3 Å². The Balaban J connectivity index is 3.12. The SMILES string of the molecule is C=C(C)CN(C)c1ncc(F)cc1C(=O)O. The molecule has 0 radical (unpaired) electrons. The van der Waals surface area contributed by atoms with Gasteiger partial charge in [-0.25, -0.2) is 14.2 Å². The minimum atomic E-state index is -1.20. The number of aromatic carboxylic acids is 1. The van der Waals surface area contributed by atoms with E-state index in [1.54, 1.807) is 11.9 Å². The van der Waals surface area contributed by atoms with E-state index in [-0.39, 0.29) is 11.4 Å². The largest absolute Gasteiger partial charge is 0.478 e. The molecule has 0 amide bonds. The third-order valence-corrected chi connectivity index (χ3v) is 1.93. The Bertz CT molecular complexity index is 432. The summed E-state index contributed by atoms with van der Waals surface area (Å²) in [6.07, 6.45) is 0.997. The van der Waals surface area contributed by atoms with E-state index in [4.69, 9.17) is 5.11 Å². The first-order valence-electron chi connectivity index (χ1n) is 4.66. The highest BCUT2D eigenvalue weighted by atomic mass is 19.1. The number of carboxylic acids is 1. The highest BCUT2D eigenvalue weighted by Crippen LogP contribution is 2.17. The molecule has 16 heavy (non-hydrogen) atoms. The third kappa shape index (κ3) is 2.79. The molecule has 1 aromatic rings. The van der Waals surface area contributed by atoms with Crippen molar-refractivity contribution >= 4 is 11.8 Å². The fourth-order valence-corrected chi connectivity index (χ4v) is 1.37. The molecule has 86 valence electrons. The van der Waals surface area contributed by atoms with Crippen molar-refractivity contribution in [3.05, 3.63) is 35.8 Å². The second-order valence-electron chi connectivity index (χ2n) is 3.64. The number of aromatic nitrogens is 1. The average Bonchev–Trinajstić information content (AvgIpc) is 2.16. The zero-order valence-electron chi connectivity index (χ0n) is 9.20. The fraction of sp³-hybridized carbons (Fsp3) is 0.273. The van der Waals surface area contributed by atoms with E-state index in [2.05, 4.69) is 11.6 Å². The zero-order chi connectivity index (χ0) is 12.3. The van der Waals surface area contributed by atoms with E-state index in [1.165, 1.54) is 0 Å². The lowest BCUT2D eigenvalue weighted by atomic mass is 10.2. The molecule has 0 fully saturated rings. The zero-order valence-corrected chi connectivity index (χ0v) is 9.20. The van der Waals surface area contributed by atoms with Gasteiger partial charge in [0.25, 0.3) is 0 Å². The van der Waals surface area contributed by atoms with Gasteiger partial charge < -0.3 is 10.0 Å². The van der Waals surface area contributed by atoms with Crippen LogP contribution >= 0.6 is 0 Å². The molecule has 0 atom stereocenters. The molecular weight excluding hydrogens is 211 g/mol. The van der Waals surface area contributed by atoms with Gasteiger partial charge in [0.2, 0.25) is 0 Å². The van der Waals surface area contributed by atoms with Gasteiger partial charge in [-0.15, -0.1) is 0 Å². The van der Waals surface area contributed by atoms with E-state index in [0.717, 1.165) is 17.8 Å². The van der Waals surface area contributed by atoms with Crippen LogP contribution in [0.2, 0.25) is 0 Å². The second kappa shape index (κ2) is 4.74. The lowest BCUT2D eigenvalue weighted by molar-refractivity contribution is 0.0696. The van der Waals surface area contributed by atoms with E-state index < -0.39 is 11.8 Å². The van der Waals surface area contributed by atoms with Gasteiger partial charge in [0.15, 0.2) is 0 Å². The standard InChI is InChI=1S/C11H13FN2O2/c1-7(2)6-14(3)10-9(11(15)16)4-8(12)5-13-10/h4-5H,1,6H2,2-3H3,(H,15,16). The molecule has 1 N–H and O–H groups in total. The van der Waals surface area contributed by atoms with Crippen molar-refractivity contribution < 1.29 is 14.3 Å². The molecule has 0 aliphatic carbocycles. The lowest BCUT2D eigenvalue weighted by Gasteiger charge is -2.19. The van der Waals surface area contributed by atoms with Crippen molar-refractivity contribution in [2.45, 2.75) is 6.92 Å². The van der Waals surface area contributed by atoms with Crippen molar-refractivity contribution in [2.75, 3.05) is 18.5 Å². The lowest BCUT2D eigenvalue weighted by Crippen LogP contribution is -2.23. The summed E-state index contributed by atoms with van der Waals surface area (Å²) in [5, 5.41) is 8.92. The first kappa shape index (κ1) is 12.2. The van der Waals surface area contributed by atoms with Crippen molar-refractivity contribution in [3.63, 3.8) is 0 Å². The van der Waals surface area contributed by atoms with Crippen molar-refractivity contribution in [2.24, 2.45) is 0 Å². The van der Waals surface area contributed by atoms with Crippen LogP contribution in [0.3, 0.4) is 0 Å². The summed E-state index contributed by atoms with van der Waals surface area (Å²) < 4.78 is 12.9. The van der Waals surface area contributed by atoms with Crippen LogP contribution in [0, 0.1) is 5.82 Å². The highest BCUT2D eigenvalue weighted by Gasteiger charge is 2.16. The van der Waals surface area contributed by atoms with Crippen LogP contribution in [0.5, 0.6) is 0 Å². The molecule has 1 rings (SSSR count). The smallest absolute Gasteiger partial charge is 0.339 e. The molecule has 0 unspecified atom stereocenters. The molecule has 0 aliphatic heterocycles. The molecule has 4 nitrogen and oxygen atoms in total. The summed E-state index contributed by atoms with van der Waals surface area (Å²) in [7, 11) is 1.68. The van der Waals surface area contributed by atoms with Crippen LogP contribution in [0.4, 0.5) is 10.2 Å². The van der Waals surface area contributed by atoms with Gasteiger partial charge in [0.1, 0.15) is 17.2 Å². The number of halogens is 1. The summed E-state index contributed by atoms with van der Waals surface area (Å²) >= 11 is 0. The van der Waals surface area contributed by atoms with Crippen molar-refractivity contribution in [1.82, 2.24) is 4.98 Å². The molecule has 1 aromatic heterocycles. The second-order valence-corrected chi connectivity index (χ2v) is 3.64. The number of likely N-dealkylation sites (N-methyl/N-ethyl adjacent to an activating group) is 1. The molecule has 1 heterocycles. The number of hydrogen-bond acceptors (Lipinski definition) is 3. The van der Waals surface area contributed by atoms with Gasteiger partial charge in [0.05, 0.1) is 6.20 Å². The third-order valence-electron chi connectivity index (χ3n) is 1.93. The minimum Gasteiger partial charge on any atom is -0.478 e. The Morgan fingerprint density at radius 1 is 1.69 bits per heavy atom. The number of carbonyl (C=O) groups is 1. The van der Waals surface area contributed by atoms with E-state index >= 15 is 0 Å². The maximum absolute atomic E-state index is 12.9. The van der Waals surface area contributed by atoms with Crippen LogP contribution in [0.25, 0.3) is 0 Å². The van der Waals surface area contributed by atoms with Crippen molar-refractivity contribution in [1.29, 1.82) is 0 Å². The van der Waals surface area contributed by atoms with Crippen LogP contribution in [-0.4, -0.2) is 29.7 Å². The number of hydrogen-bond donors (Lipinski definition) is 1. The molecule has 5 heteroatoms. The first-order valence-corrected chi connectivity index (χ1v) is 4.66. The number of pyridine rings is 1. The normalized spacial score (nSPS) is 9.94. The van der Waals surface area contributed by atoms with Crippen LogP contribution in [-0.2, 0) is 0 Å². The van der Waals surface area contributed by atoms with Gasteiger partial charge >= 0.3 is 5.97 Å². The number of nitrogens with zero attached hydrogens (tertiary/aromatic N) is 2. The van der Waals surface area contributed by atoms with Gasteiger partial charge in [-0.05, 0) is 13.0 Å². The Labute approximate surface area is 93.0 Å². The van der Waals surface area contributed by atoms with E-state index in [1.807, 2.05) is 6.92 Å². The summed E-state index contributed by atoms with van der Waals surface area (Å²) in [6.45, 7) is 6.01. The Hall–Kier alpha value is -1.91. The van der Waals surface area contributed by atoms with Gasteiger partial charge in [-0.2, -0.15) is 0 Å². The summed E-state index contributed by atoms with van der Waals surface area (Å²) in [5.74, 6) is -1.63. The monoisotopic (exact) mass is 224 g/mol. The predicted octanol–water partition coefficient (Wildman–Crippen LogP) is 1.93. The Morgan fingerprint density at radius 2 is 2.31 bits per heavy atom. The minimum absolute atomic E-state index is 0.149. The van der Waals surface area contributed by atoms with Gasteiger partial charge in [-0.3, -0.25) is 0 Å². The summed E-state index contributed by atoms with van der Waals surface area (Å²) in [5.41, 5.74) is 0.716. The summed E-state index contributed by atoms with van der Waals surface area (Å²) in [6, 6.07) is 0.958. The molecular formula is C11H13FN2O2. The predicted molar refractivity (Wildman–Crippen MR) is 59.2 cm³/mol. The van der Waals surface area contributed by atoms with Crippen LogP contribution < -0.4 is 4.90 Å². The number of carboxylic acid groups (broad SMARTS) is 1. The topological polar surface area (TPSA) is 53.4 Å². The van der Waals surface area contributed by atoms with Gasteiger partial charge in [-0.1, -0.05) is 12.2 Å². The molecule has 0 bridgehead atoms. The first-order chi connectivity index (χ1) is 7.41. The number of anilines is 1. The average molecular weight is 224 g/mol. The quantitative estimate of drug-likeness (QED) is 0.794. The molecule has 0 saturated carbocycles. The molecule has 0 spiro atoms. The fourth-order valence-electron chi connectivity index (χ4n) is 1.37. The summed E-state index contributed by atoms with van der Waals surface area (Å²) in [4.78, 5) is 16.3.